The standard InChI is InChI=1S/C24H19ClN4O3S/c25-22-14-26-13-16-4-7-17(11-20(16)22)28-24(30)21-12-19(21)15-5-8-18(9-6-15)33(31,32)29-23-3-1-2-10-27-23/h1-11,13-14,19,21H,12H2,(H,27,29)(H,28,30). The molecule has 9 heteroatoms. The van der Waals surface area contributed by atoms with Crippen molar-refractivity contribution >= 4 is 49.8 Å². The molecule has 2 N–H and O–H groups in total. The Morgan fingerprint density at radius 3 is 2.61 bits per heavy atom. The highest BCUT2D eigenvalue weighted by molar-refractivity contribution is 7.92. The molecule has 0 aliphatic heterocycles. The molecule has 1 saturated carbocycles. The topological polar surface area (TPSA) is 101 Å². The molecule has 1 fully saturated rings. The molecule has 2 aromatic carbocycles. The molecule has 2 aromatic heterocycles. The summed E-state index contributed by atoms with van der Waals surface area (Å²) in [6, 6.07) is 17.1. The first-order valence-electron chi connectivity index (χ1n) is 10.3. The predicted octanol–water partition coefficient (Wildman–Crippen LogP) is 4.83. The number of hydrogen-bond donors (Lipinski definition) is 2. The first-order valence-corrected chi connectivity index (χ1v) is 12.1. The Morgan fingerprint density at radius 2 is 1.85 bits per heavy atom. The molecule has 1 aliphatic carbocycles. The van der Waals surface area contributed by atoms with E-state index < -0.39 is 10.0 Å². The van der Waals surface area contributed by atoms with Crippen molar-refractivity contribution in [3.05, 3.63) is 89.8 Å². The number of halogens is 1. The van der Waals surface area contributed by atoms with Crippen molar-refractivity contribution in [3.63, 3.8) is 0 Å². The third-order valence-electron chi connectivity index (χ3n) is 5.63. The van der Waals surface area contributed by atoms with Gasteiger partial charge in [-0.25, -0.2) is 13.4 Å². The number of fused-ring (bicyclic) bond motifs is 1. The molecular formula is C24H19ClN4O3S. The number of nitrogens with zero attached hydrogens (tertiary/aromatic N) is 2. The number of pyridine rings is 2. The number of rotatable bonds is 6. The van der Waals surface area contributed by atoms with E-state index in [9.17, 15) is 13.2 Å². The van der Waals surface area contributed by atoms with Gasteiger partial charge < -0.3 is 5.32 Å². The van der Waals surface area contributed by atoms with Crippen LogP contribution in [0.4, 0.5) is 11.5 Å². The lowest BCUT2D eigenvalue weighted by atomic mass is 10.1. The smallest absolute Gasteiger partial charge is 0.263 e. The maximum Gasteiger partial charge on any atom is 0.263 e. The number of sulfonamides is 1. The van der Waals surface area contributed by atoms with Crippen LogP contribution in [0.15, 0.2) is 84.1 Å². The van der Waals surface area contributed by atoms with Gasteiger partial charge in [-0.1, -0.05) is 35.9 Å². The Morgan fingerprint density at radius 1 is 1.03 bits per heavy atom. The second-order valence-electron chi connectivity index (χ2n) is 7.88. The zero-order valence-electron chi connectivity index (χ0n) is 17.3. The fourth-order valence-corrected chi connectivity index (χ4v) is 5.04. The van der Waals surface area contributed by atoms with Crippen LogP contribution < -0.4 is 10.0 Å². The van der Waals surface area contributed by atoms with E-state index in [4.69, 9.17) is 11.6 Å². The van der Waals surface area contributed by atoms with Gasteiger partial charge in [0.2, 0.25) is 5.91 Å². The van der Waals surface area contributed by atoms with E-state index in [2.05, 4.69) is 20.0 Å². The first-order chi connectivity index (χ1) is 15.9. The molecule has 2 heterocycles. The van der Waals surface area contributed by atoms with Gasteiger partial charge in [-0.15, -0.1) is 0 Å². The second-order valence-corrected chi connectivity index (χ2v) is 9.97. The Labute approximate surface area is 195 Å². The zero-order valence-corrected chi connectivity index (χ0v) is 18.8. The minimum absolute atomic E-state index is 0.0544. The molecule has 2 unspecified atom stereocenters. The van der Waals surface area contributed by atoms with Crippen molar-refractivity contribution in [2.45, 2.75) is 17.2 Å². The predicted molar refractivity (Wildman–Crippen MR) is 128 cm³/mol. The van der Waals surface area contributed by atoms with Crippen LogP contribution in [-0.2, 0) is 14.8 Å². The summed E-state index contributed by atoms with van der Waals surface area (Å²) in [7, 11) is -3.73. The molecule has 5 rings (SSSR count). The summed E-state index contributed by atoms with van der Waals surface area (Å²) in [4.78, 5) is 20.9. The Balaban J connectivity index is 1.25. The number of hydrogen-bond acceptors (Lipinski definition) is 5. The largest absolute Gasteiger partial charge is 0.326 e. The minimum atomic E-state index is -3.73. The number of nitrogens with one attached hydrogen (secondary N) is 2. The summed E-state index contributed by atoms with van der Waals surface area (Å²) < 4.78 is 27.6. The van der Waals surface area contributed by atoms with E-state index in [-0.39, 0.29) is 28.5 Å². The van der Waals surface area contributed by atoms with Gasteiger partial charge in [-0.05, 0) is 54.3 Å². The SMILES string of the molecule is O=C(Nc1ccc2cncc(Cl)c2c1)C1CC1c1ccc(S(=O)(=O)Nc2ccccn2)cc1. The summed E-state index contributed by atoms with van der Waals surface area (Å²) in [5.41, 5.74) is 1.60. The van der Waals surface area contributed by atoms with Gasteiger partial charge in [0.25, 0.3) is 10.0 Å². The van der Waals surface area contributed by atoms with Gasteiger partial charge in [-0.2, -0.15) is 0 Å². The first kappa shape index (κ1) is 21.4. The Kier molecular flexibility index (Phi) is 5.47. The Hall–Kier alpha value is -3.49. The van der Waals surface area contributed by atoms with Gasteiger partial charge in [-0.3, -0.25) is 14.5 Å². The molecule has 1 amide bonds. The van der Waals surface area contributed by atoms with Crippen molar-refractivity contribution in [2.75, 3.05) is 10.0 Å². The highest BCUT2D eigenvalue weighted by atomic mass is 35.5. The van der Waals surface area contributed by atoms with E-state index >= 15 is 0 Å². The number of carbonyl (C=O) groups is 1. The van der Waals surface area contributed by atoms with Crippen molar-refractivity contribution in [2.24, 2.45) is 5.92 Å². The van der Waals surface area contributed by atoms with Crippen molar-refractivity contribution in [3.8, 4) is 0 Å². The molecule has 0 radical (unpaired) electrons. The highest BCUT2D eigenvalue weighted by Gasteiger charge is 2.44. The lowest BCUT2D eigenvalue weighted by molar-refractivity contribution is -0.117. The second kappa shape index (κ2) is 8.46. The fraction of sp³-hybridized carbons (Fsp3) is 0.125. The summed E-state index contributed by atoms with van der Waals surface area (Å²) in [5, 5.41) is 5.21. The summed E-state index contributed by atoms with van der Waals surface area (Å²) in [6.07, 6.45) is 5.52. The summed E-state index contributed by atoms with van der Waals surface area (Å²) in [6.45, 7) is 0. The molecular weight excluding hydrogens is 460 g/mol. The van der Waals surface area contributed by atoms with Gasteiger partial charge in [0.1, 0.15) is 5.82 Å². The number of amides is 1. The summed E-state index contributed by atoms with van der Waals surface area (Å²) >= 11 is 6.21. The lowest BCUT2D eigenvalue weighted by Gasteiger charge is -2.09. The molecule has 2 atom stereocenters. The Bertz CT molecular complexity index is 1440. The highest BCUT2D eigenvalue weighted by Crippen LogP contribution is 2.48. The normalized spacial score (nSPS) is 17.5. The number of benzene rings is 2. The summed E-state index contributed by atoms with van der Waals surface area (Å²) in [5.74, 6) is 0.0752. The van der Waals surface area contributed by atoms with Crippen LogP contribution in [-0.4, -0.2) is 24.3 Å². The zero-order chi connectivity index (χ0) is 23.0. The van der Waals surface area contributed by atoms with E-state index in [1.807, 2.05) is 18.2 Å². The van der Waals surface area contributed by atoms with Crippen LogP contribution in [0.25, 0.3) is 10.8 Å². The van der Waals surface area contributed by atoms with Crippen molar-refractivity contribution < 1.29 is 13.2 Å². The quantitative estimate of drug-likeness (QED) is 0.413. The van der Waals surface area contributed by atoms with Crippen LogP contribution in [0.2, 0.25) is 5.02 Å². The maximum absolute atomic E-state index is 12.7. The van der Waals surface area contributed by atoms with Crippen molar-refractivity contribution in [1.82, 2.24) is 9.97 Å². The average Bonchev–Trinajstić information content (AvgIpc) is 3.61. The van der Waals surface area contributed by atoms with Crippen LogP contribution >= 0.6 is 11.6 Å². The fourth-order valence-electron chi connectivity index (χ4n) is 3.81. The molecule has 1 aliphatic rings. The van der Waals surface area contributed by atoms with Gasteiger partial charge in [0, 0.05) is 41.0 Å². The monoisotopic (exact) mass is 478 g/mol. The van der Waals surface area contributed by atoms with Gasteiger partial charge >= 0.3 is 0 Å². The molecule has 0 bridgehead atoms. The average molecular weight is 479 g/mol. The van der Waals surface area contributed by atoms with E-state index in [1.165, 1.54) is 6.20 Å². The molecule has 166 valence electrons. The number of carbonyl (C=O) groups excluding carboxylic acids is 1. The van der Waals surface area contributed by atoms with Crippen molar-refractivity contribution in [1.29, 1.82) is 0 Å². The molecule has 0 saturated heterocycles. The minimum Gasteiger partial charge on any atom is -0.326 e. The molecule has 33 heavy (non-hydrogen) atoms. The molecule has 0 spiro atoms. The molecule has 7 nitrogen and oxygen atoms in total. The third-order valence-corrected chi connectivity index (χ3v) is 7.30. The van der Waals surface area contributed by atoms with Gasteiger partial charge in [0.15, 0.2) is 0 Å². The lowest BCUT2D eigenvalue weighted by Crippen LogP contribution is -2.15. The van der Waals surface area contributed by atoms with Gasteiger partial charge in [0.05, 0.1) is 9.92 Å². The number of anilines is 2. The van der Waals surface area contributed by atoms with Crippen LogP contribution in [0, 0.1) is 5.92 Å². The van der Waals surface area contributed by atoms with E-state index in [0.717, 1.165) is 16.3 Å². The van der Waals surface area contributed by atoms with E-state index in [0.29, 0.717) is 17.1 Å². The third kappa shape index (κ3) is 4.53. The van der Waals surface area contributed by atoms with E-state index in [1.54, 1.807) is 54.9 Å². The maximum atomic E-state index is 12.7. The van der Waals surface area contributed by atoms with Crippen LogP contribution in [0.3, 0.4) is 0 Å². The van der Waals surface area contributed by atoms with Crippen LogP contribution in [0.5, 0.6) is 0 Å². The molecule has 4 aromatic rings. The van der Waals surface area contributed by atoms with Crippen LogP contribution in [0.1, 0.15) is 17.9 Å². The number of aromatic nitrogens is 2.